The molecule has 5 rings (SSSR count). The third kappa shape index (κ3) is 6.01. The van der Waals surface area contributed by atoms with Crippen LogP contribution in [-0.4, -0.2) is 57.6 Å². The smallest absolute Gasteiger partial charge is 0.326 e. The Morgan fingerprint density at radius 3 is 2.60 bits per heavy atom. The number of nitrogens with zero attached hydrogens (tertiary/aromatic N) is 5. The third-order valence-electron chi connectivity index (χ3n) is 6.72. The standard InChI is InChI=1S/C29H30Cl2N6O3/c1-19-16-26(23(4-3-15-38)28(32-19)33-25-10-7-21(30)17-24(25)31)37-12-11-27(34-37)36-14-13-35(29(36)39)18-20-5-8-22(40-2)9-6-20/h5-12,16-17,38H,3-4,13-15,18H2,1-2H3,(H,32,33). The predicted molar refractivity (Wildman–Crippen MR) is 157 cm³/mol. The molecule has 0 aliphatic carbocycles. The number of anilines is 3. The SMILES string of the molecule is COc1ccc(CN2CCN(c3ccn(-c4cc(C)nc(Nc5ccc(Cl)cc5Cl)c4CCCO)n3)C2=O)cc1. The van der Waals surface area contributed by atoms with E-state index < -0.39 is 0 Å². The van der Waals surface area contributed by atoms with Crippen LogP contribution in [0.3, 0.4) is 0 Å². The molecule has 9 nitrogen and oxygen atoms in total. The van der Waals surface area contributed by atoms with E-state index >= 15 is 0 Å². The number of carbonyl (C=O) groups excluding carboxylic acids is 1. The summed E-state index contributed by atoms with van der Waals surface area (Å²) >= 11 is 12.5. The Hall–Kier alpha value is -3.79. The second-order valence-electron chi connectivity index (χ2n) is 9.51. The number of aromatic nitrogens is 3. The van der Waals surface area contributed by atoms with Gasteiger partial charge in [-0.1, -0.05) is 35.3 Å². The van der Waals surface area contributed by atoms with Gasteiger partial charge in [0.2, 0.25) is 0 Å². The Labute approximate surface area is 242 Å². The summed E-state index contributed by atoms with van der Waals surface area (Å²) in [6.07, 6.45) is 2.94. The molecule has 0 atom stereocenters. The van der Waals surface area contributed by atoms with Gasteiger partial charge in [-0.3, -0.25) is 4.90 Å². The summed E-state index contributed by atoms with van der Waals surface area (Å²) in [5, 5.41) is 18.7. The van der Waals surface area contributed by atoms with E-state index in [1.165, 1.54) is 0 Å². The zero-order valence-electron chi connectivity index (χ0n) is 22.3. The van der Waals surface area contributed by atoms with Crippen molar-refractivity contribution >= 4 is 46.6 Å². The fraction of sp³-hybridized carbons (Fsp3) is 0.276. The maximum atomic E-state index is 13.3. The third-order valence-corrected chi connectivity index (χ3v) is 7.27. The monoisotopic (exact) mass is 580 g/mol. The van der Waals surface area contributed by atoms with E-state index in [-0.39, 0.29) is 12.6 Å². The van der Waals surface area contributed by atoms with Crippen LogP contribution in [0, 0.1) is 6.92 Å². The van der Waals surface area contributed by atoms with Crippen LogP contribution >= 0.6 is 23.2 Å². The van der Waals surface area contributed by atoms with Crippen molar-refractivity contribution in [3.63, 3.8) is 0 Å². The zero-order valence-corrected chi connectivity index (χ0v) is 23.8. The van der Waals surface area contributed by atoms with E-state index in [9.17, 15) is 9.90 Å². The first-order chi connectivity index (χ1) is 19.4. The number of nitrogens with one attached hydrogen (secondary N) is 1. The second kappa shape index (κ2) is 12.2. The van der Waals surface area contributed by atoms with Crippen LogP contribution in [-0.2, 0) is 13.0 Å². The first kappa shape index (κ1) is 27.8. The Kier molecular flexibility index (Phi) is 8.44. The number of ether oxygens (including phenoxy) is 1. The lowest BCUT2D eigenvalue weighted by molar-refractivity contribution is 0.218. The van der Waals surface area contributed by atoms with Crippen LogP contribution < -0.4 is 15.0 Å². The Morgan fingerprint density at radius 1 is 1.07 bits per heavy atom. The maximum absolute atomic E-state index is 13.3. The van der Waals surface area contributed by atoms with E-state index in [0.29, 0.717) is 59.8 Å². The number of aliphatic hydroxyl groups is 1. The topological polar surface area (TPSA) is 95.8 Å². The lowest BCUT2D eigenvalue weighted by Crippen LogP contribution is -2.31. The number of aryl methyl sites for hydroxylation is 1. The van der Waals surface area contributed by atoms with Gasteiger partial charge in [0.05, 0.1) is 23.5 Å². The van der Waals surface area contributed by atoms with E-state index in [1.54, 1.807) is 34.9 Å². The average molecular weight is 582 g/mol. The van der Waals surface area contributed by atoms with Gasteiger partial charge in [0.25, 0.3) is 0 Å². The van der Waals surface area contributed by atoms with Gasteiger partial charge in [0, 0.05) is 54.8 Å². The summed E-state index contributed by atoms with van der Waals surface area (Å²) in [5.74, 6) is 1.97. The van der Waals surface area contributed by atoms with Crippen LogP contribution in [0.4, 0.5) is 22.1 Å². The van der Waals surface area contributed by atoms with Crippen molar-refractivity contribution in [1.29, 1.82) is 0 Å². The van der Waals surface area contributed by atoms with E-state index in [2.05, 4.69) is 5.32 Å². The average Bonchev–Trinajstić information content (AvgIpc) is 3.57. The summed E-state index contributed by atoms with van der Waals surface area (Å²) in [4.78, 5) is 21.5. The molecule has 0 bridgehead atoms. The second-order valence-corrected chi connectivity index (χ2v) is 10.4. The first-order valence-corrected chi connectivity index (χ1v) is 13.7. The Morgan fingerprint density at radius 2 is 1.88 bits per heavy atom. The summed E-state index contributed by atoms with van der Waals surface area (Å²) in [6.45, 7) is 3.59. The lowest BCUT2D eigenvalue weighted by atomic mass is 10.1. The van der Waals surface area contributed by atoms with Gasteiger partial charge in [-0.15, -0.1) is 5.10 Å². The fourth-order valence-electron chi connectivity index (χ4n) is 4.70. The largest absolute Gasteiger partial charge is 0.497 e. The molecular weight excluding hydrogens is 551 g/mol. The van der Waals surface area contributed by atoms with Gasteiger partial charge in [-0.2, -0.15) is 0 Å². The number of amides is 2. The van der Waals surface area contributed by atoms with Crippen molar-refractivity contribution in [3.05, 3.63) is 87.7 Å². The van der Waals surface area contributed by atoms with Gasteiger partial charge in [-0.25, -0.2) is 14.5 Å². The highest BCUT2D eigenvalue weighted by Crippen LogP contribution is 2.32. The number of methoxy groups -OCH3 is 1. The molecule has 40 heavy (non-hydrogen) atoms. The minimum Gasteiger partial charge on any atom is -0.497 e. The van der Waals surface area contributed by atoms with E-state index in [0.717, 1.165) is 28.3 Å². The molecule has 2 aromatic heterocycles. The number of halogens is 2. The number of aliphatic hydroxyl groups excluding tert-OH is 1. The molecule has 11 heteroatoms. The highest BCUT2D eigenvalue weighted by Gasteiger charge is 2.31. The lowest BCUT2D eigenvalue weighted by Gasteiger charge is -2.18. The summed E-state index contributed by atoms with van der Waals surface area (Å²) < 4.78 is 6.98. The molecule has 1 fully saturated rings. The van der Waals surface area contributed by atoms with Crippen LogP contribution in [0.2, 0.25) is 10.0 Å². The predicted octanol–water partition coefficient (Wildman–Crippen LogP) is 6.00. The number of urea groups is 1. The van der Waals surface area contributed by atoms with Gasteiger partial charge < -0.3 is 20.1 Å². The number of hydrogen-bond acceptors (Lipinski definition) is 6. The van der Waals surface area contributed by atoms with Gasteiger partial charge in [0.1, 0.15) is 11.6 Å². The van der Waals surface area contributed by atoms with Crippen molar-refractivity contribution < 1.29 is 14.6 Å². The fourth-order valence-corrected chi connectivity index (χ4v) is 5.15. The minimum atomic E-state index is -0.0905. The normalized spacial score (nSPS) is 13.3. The van der Waals surface area contributed by atoms with E-state index in [4.69, 9.17) is 38.0 Å². The Bertz CT molecular complexity index is 1510. The molecule has 0 unspecified atom stereocenters. The molecule has 1 saturated heterocycles. The van der Waals surface area contributed by atoms with Crippen molar-refractivity contribution in [2.45, 2.75) is 26.3 Å². The Balaban J connectivity index is 1.40. The number of hydrogen-bond donors (Lipinski definition) is 2. The number of carbonyl (C=O) groups is 1. The molecule has 0 radical (unpaired) electrons. The summed E-state index contributed by atoms with van der Waals surface area (Å²) in [7, 11) is 1.63. The number of benzene rings is 2. The molecule has 2 amide bonds. The molecule has 208 valence electrons. The molecule has 0 saturated carbocycles. The molecule has 3 heterocycles. The number of rotatable bonds is 10. The minimum absolute atomic E-state index is 0.0329. The molecule has 2 aromatic carbocycles. The van der Waals surface area contributed by atoms with Crippen LogP contribution in [0.5, 0.6) is 5.75 Å². The summed E-state index contributed by atoms with van der Waals surface area (Å²) in [6, 6.07) is 16.6. The highest BCUT2D eigenvalue weighted by atomic mass is 35.5. The van der Waals surface area contributed by atoms with Crippen molar-refractivity contribution in [3.8, 4) is 11.4 Å². The van der Waals surface area contributed by atoms with Gasteiger partial charge >= 0.3 is 6.03 Å². The van der Waals surface area contributed by atoms with Crippen molar-refractivity contribution in [1.82, 2.24) is 19.7 Å². The zero-order chi connectivity index (χ0) is 28.2. The first-order valence-electron chi connectivity index (χ1n) is 12.9. The van der Waals surface area contributed by atoms with E-state index in [1.807, 2.05) is 54.4 Å². The highest BCUT2D eigenvalue weighted by molar-refractivity contribution is 6.36. The molecule has 1 aliphatic heterocycles. The van der Waals surface area contributed by atoms with Crippen molar-refractivity contribution in [2.75, 3.05) is 37.0 Å². The van der Waals surface area contributed by atoms with Crippen molar-refractivity contribution in [2.24, 2.45) is 0 Å². The molecule has 4 aromatic rings. The van der Waals surface area contributed by atoms with Gasteiger partial charge in [-0.05, 0) is 61.7 Å². The van der Waals surface area contributed by atoms with Gasteiger partial charge in [0.15, 0.2) is 5.82 Å². The van der Waals surface area contributed by atoms with Crippen LogP contribution in [0.15, 0.2) is 60.8 Å². The molecule has 1 aliphatic rings. The quantitative estimate of drug-likeness (QED) is 0.239. The van der Waals surface area contributed by atoms with Crippen LogP contribution in [0.1, 0.15) is 23.2 Å². The summed E-state index contributed by atoms with van der Waals surface area (Å²) in [5.41, 5.74) is 4.15. The molecular formula is C29H30Cl2N6O3. The van der Waals surface area contributed by atoms with Crippen LogP contribution in [0.25, 0.3) is 5.69 Å². The maximum Gasteiger partial charge on any atom is 0.326 e. The molecule has 2 N–H and O–H groups in total. The molecule has 0 spiro atoms. The number of pyridine rings is 1.